The molecule has 0 atom stereocenters. The van der Waals surface area contributed by atoms with E-state index < -0.39 is 5.41 Å². The van der Waals surface area contributed by atoms with Crippen molar-refractivity contribution >= 4 is 51.4 Å². The summed E-state index contributed by atoms with van der Waals surface area (Å²) < 4.78 is 20.5. The Bertz CT molecular complexity index is 1120. The van der Waals surface area contributed by atoms with Gasteiger partial charge in [-0.05, 0) is 67.2 Å². The Labute approximate surface area is 191 Å². The lowest BCUT2D eigenvalue weighted by atomic mass is 9.85. The van der Waals surface area contributed by atoms with Crippen LogP contribution in [0.5, 0.6) is 0 Å². The molecule has 2 aliphatic heterocycles. The number of rotatable bonds is 4. The van der Waals surface area contributed by atoms with Crippen LogP contribution in [0, 0.1) is 5.82 Å². The van der Waals surface area contributed by atoms with Crippen LogP contribution in [0.4, 0.5) is 15.9 Å². The third kappa shape index (κ3) is 3.90. The van der Waals surface area contributed by atoms with Gasteiger partial charge in [0.25, 0.3) is 0 Å². The number of benzene rings is 2. The van der Waals surface area contributed by atoms with E-state index in [1.807, 2.05) is 26.0 Å². The van der Waals surface area contributed by atoms with Gasteiger partial charge in [0.05, 0.1) is 10.1 Å². The third-order valence-electron chi connectivity index (χ3n) is 6.40. The second-order valence-corrected chi connectivity index (χ2v) is 9.45. The van der Waals surface area contributed by atoms with Crippen molar-refractivity contribution in [2.24, 2.45) is 0 Å². The molecule has 0 spiro atoms. The third-order valence-corrected chi connectivity index (χ3v) is 7.22. The summed E-state index contributed by atoms with van der Waals surface area (Å²) in [5, 5.41) is 4.02. The number of amides is 1. The molecule has 5 rings (SSSR count). The summed E-state index contributed by atoms with van der Waals surface area (Å²) >= 11 is 1.55. The van der Waals surface area contributed by atoms with Crippen molar-refractivity contribution in [1.82, 2.24) is 9.27 Å². The van der Waals surface area contributed by atoms with Crippen LogP contribution in [0.15, 0.2) is 36.4 Å². The van der Waals surface area contributed by atoms with E-state index in [0.29, 0.717) is 17.7 Å². The number of piperazine rings is 1. The van der Waals surface area contributed by atoms with Gasteiger partial charge in [0.1, 0.15) is 11.6 Å². The van der Waals surface area contributed by atoms with Gasteiger partial charge in [-0.3, -0.25) is 9.69 Å². The van der Waals surface area contributed by atoms with Gasteiger partial charge in [-0.1, -0.05) is 12.1 Å². The summed E-state index contributed by atoms with van der Waals surface area (Å²) in [4.78, 5) is 16.9. The highest BCUT2D eigenvalue weighted by Gasteiger charge is 2.39. The minimum absolute atomic E-state index is 0. The van der Waals surface area contributed by atoms with Crippen LogP contribution in [0.1, 0.15) is 25.0 Å². The number of nitrogens with zero attached hydrogens (tertiary/aromatic N) is 3. The van der Waals surface area contributed by atoms with Crippen molar-refractivity contribution in [3.05, 3.63) is 53.3 Å². The van der Waals surface area contributed by atoms with Gasteiger partial charge in [-0.15, -0.1) is 12.4 Å². The molecule has 164 valence electrons. The molecular weight excluding hydrogens is 435 g/mol. The minimum atomic E-state index is -0.611. The summed E-state index contributed by atoms with van der Waals surface area (Å²) in [5.74, 6) is 0.776. The average molecular weight is 461 g/mol. The number of hydrogen-bond acceptors (Lipinski definition) is 5. The molecule has 8 heteroatoms. The zero-order valence-corrected chi connectivity index (χ0v) is 19.3. The zero-order valence-electron chi connectivity index (χ0n) is 17.7. The predicted molar refractivity (Wildman–Crippen MR) is 127 cm³/mol. The summed E-state index contributed by atoms with van der Waals surface area (Å²) in [5.41, 5.74) is 1.57. The first kappa shape index (κ1) is 22.0. The van der Waals surface area contributed by atoms with Gasteiger partial charge in [-0.2, -0.15) is 4.37 Å². The second kappa shape index (κ2) is 8.37. The first-order valence-corrected chi connectivity index (χ1v) is 11.2. The molecule has 1 amide bonds. The Morgan fingerprint density at radius 2 is 1.90 bits per heavy atom. The monoisotopic (exact) mass is 460 g/mol. The fraction of sp³-hybridized carbons (Fsp3) is 0.391. The maximum Gasteiger partial charge on any atom is 0.234 e. The number of fused-ring (bicyclic) bond motifs is 2. The maximum atomic E-state index is 14.6. The number of halogens is 2. The molecule has 31 heavy (non-hydrogen) atoms. The molecular formula is C23H26ClFN4OS. The fourth-order valence-electron chi connectivity index (χ4n) is 4.39. The van der Waals surface area contributed by atoms with Crippen LogP contribution >= 0.6 is 23.9 Å². The first-order chi connectivity index (χ1) is 14.4. The smallest absolute Gasteiger partial charge is 0.234 e. The molecule has 0 aliphatic carbocycles. The number of nitrogens with one attached hydrogen (secondary N) is 1. The van der Waals surface area contributed by atoms with Crippen molar-refractivity contribution in [1.29, 1.82) is 0 Å². The molecule has 2 aliphatic rings. The van der Waals surface area contributed by atoms with Crippen LogP contribution in [0.3, 0.4) is 0 Å². The van der Waals surface area contributed by atoms with E-state index in [0.717, 1.165) is 44.1 Å². The van der Waals surface area contributed by atoms with Crippen LogP contribution in [-0.4, -0.2) is 47.9 Å². The van der Waals surface area contributed by atoms with Gasteiger partial charge in [0.15, 0.2) is 0 Å². The van der Waals surface area contributed by atoms with E-state index in [9.17, 15) is 9.18 Å². The fourth-order valence-corrected chi connectivity index (χ4v) is 5.19. The summed E-state index contributed by atoms with van der Waals surface area (Å²) in [6.07, 6.45) is 0.642. The highest BCUT2D eigenvalue weighted by molar-refractivity contribution is 7.13. The Morgan fingerprint density at radius 3 is 2.68 bits per heavy atom. The molecule has 0 saturated carbocycles. The van der Waals surface area contributed by atoms with Crippen molar-refractivity contribution in [3.8, 4) is 0 Å². The van der Waals surface area contributed by atoms with Crippen molar-refractivity contribution in [2.45, 2.75) is 25.7 Å². The highest BCUT2D eigenvalue weighted by atomic mass is 35.5. The van der Waals surface area contributed by atoms with E-state index in [2.05, 4.69) is 37.7 Å². The SMILES string of the molecule is CC1(C)C(=O)Nc2cc(F)c(CCN3CCN(c4nsc5ccccc45)CC3)cc21.Cl. The normalized spacial score (nSPS) is 18.0. The molecule has 2 aromatic carbocycles. The number of anilines is 2. The standard InChI is InChI=1S/C23H25FN4OS.ClH/c1-23(2)17-13-15(18(24)14-19(17)25-22(23)29)7-8-27-9-11-28(12-10-27)21-16-5-3-4-6-20(16)30-26-21;/h3-6,13-14H,7-12H2,1-2H3,(H,25,29);1H. The molecule has 3 heterocycles. The van der Waals surface area contributed by atoms with Crippen LogP contribution in [0.2, 0.25) is 0 Å². The average Bonchev–Trinajstić information content (AvgIpc) is 3.26. The molecule has 5 nitrogen and oxygen atoms in total. The van der Waals surface area contributed by atoms with Crippen LogP contribution in [-0.2, 0) is 16.6 Å². The largest absolute Gasteiger partial charge is 0.353 e. The topological polar surface area (TPSA) is 48.5 Å². The van der Waals surface area contributed by atoms with E-state index >= 15 is 0 Å². The van der Waals surface area contributed by atoms with Gasteiger partial charge < -0.3 is 10.2 Å². The lowest BCUT2D eigenvalue weighted by molar-refractivity contribution is -0.119. The quantitative estimate of drug-likeness (QED) is 0.624. The summed E-state index contributed by atoms with van der Waals surface area (Å²) in [6.45, 7) is 8.29. The molecule has 1 fully saturated rings. The Hall–Kier alpha value is -2.22. The van der Waals surface area contributed by atoms with E-state index in [4.69, 9.17) is 0 Å². The summed E-state index contributed by atoms with van der Waals surface area (Å²) in [7, 11) is 0. The van der Waals surface area contributed by atoms with Gasteiger partial charge >= 0.3 is 0 Å². The first-order valence-electron chi connectivity index (χ1n) is 10.4. The minimum Gasteiger partial charge on any atom is -0.353 e. The molecule has 0 radical (unpaired) electrons. The van der Waals surface area contributed by atoms with Gasteiger partial charge in [0, 0.05) is 43.8 Å². The Balaban J connectivity index is 0.00000231. The molecule has 3 aromatic rings. The second-order valence-electron chi connectivity index (χ2n) is 8.65. The molecule has 0 unspecified atom stereocenters. The zero-order chi connectivity index (χ0) is 20.9. The van der Waals surface area contributed by atoms with E-state index in [1.165, 1.54) is 16.2 Å². The predicted octanol–water partition coefficient (Wildman–Crippen LogP) is 4.45. The summed E-state index contributed by atoms with van der Waals surface area (Å²) in [6, 6.07) is 11.7. The maximum absolute atomic E-state index is 14.6. The van der Waals surface area contributed by atoms with Gasteiger partial charge in [-0.25, -0.2) is 4.39 Å². The Kier molecular flexibility index (Phi) is 5.94. The molecule has 0 bridgehead atoms. The van der Waals surface area contributed by atoms with Gasteiger partial charge in [0.2, 0.25) is 5.91 Å². The van der Waals surface area contributed by atoms with Crippen molar-refractivity contribution in [2.75, 3.05) is 42.9 Å². The molecule has 1 N–H and O–H groups in total. The van der Waals surface area contributed by atoms with Crippen LogP contribution in [0.25, 0.3) is 10.1 Å². The number of aromatic nitrogens is 1. The Morgan fingerprint density at radius 1 is 1.16 bits per heavy atom. The molecule has 1 aromatic heterocycles. The van der Waals surface area contributed by atoms with E-state index in [1.54, 1.807) is 11.5 Å². The lowest BCUT2D eigenvalue weighted by Gasteiger charge is -2.35. The number of hydrogen-bond donors (Lipinski definition) is 1. The number of carbonyl (C=O) groups is 1. The number of carbonyl (C=O) groups excluding carboxylic acids is 1. The molecule has 1 saturated heterocycles. The van der Waals surface area contributed by atoms with Crippen LogP contribution < -0.4 is 10.2 Å². The van der Waals surface area contributed by atoms with E-state index in [-0.39, 0.29) is 24.1 Å². The van der Waals surface area contributed by atoms with Crippen molar-refractivity contribution in [3.63, 3.8) is 0 Å². The van der Waals surface area contributed by atoms with Crippen molar-refractivity contribution < 1.29 is 9.18 Å². The highest BCUT2D eigenvalue weighted by Crippen LogP contribution is 2.38. The lowest BCUT2D eigenvalue weighted by Crippen LogP contribution is -2.47.